The Kier molecular flexibility index (Phi) is 2.25. The maximum Gasteiger partial charge on any atom is 0.307 e. The molecule has 5 nitrogen and oxygen atoms in total. The molecule has 1 fully saturated rings. The molecule has 0 aromatic carbocycles. The van der Waals surface area contributed by atoms with E-state index in [1.165, 1.54) is 6.33 Å². The van der Waals surface area contributed by atoms with E-state index in [1.54, 1.807) is 11.0 Å². The van der Waals surface area contributed by atoms with E-state index in [0.717, 1.165) is 13.0 Å². The van der Waals surface area contributed by atoms with Gasteiger partial charge in [-0.05, 0) is 17.8 Å². The zero-order valence-electron chi connectivity index (χ0n) is 8.92. The van der Waals surface area contributed by atoms with Crippen LogP contribution in [0, 0.1) is 17.3 Å². The number of hydrogen-bond acceptors (Lipinski definition) is 3. The summed E-state index contributed by atoms with van der Waals surface area (Å²) in [6.45, 7) is 4.77. The van der Waals surface area contributed by atoms with E-state index < -0.39 is 5.97 Å². The Morgan fingerprint density at radius 1 is 1.60 bits per heavy atom. The minimum absolute atomic E-state index is 0.0631. The van der Waals surface area contributed by atoms with Gasteiger partial charge in [-0.3, -0.25) is 9.48 Å². The standard InChI is InChI=1S/C10H15N3O2/c1-10(2)7(8(10)9(14)15)3-4-13-6-11-5-12-13/h5-8H,3-4H2,1-2H3,(H,14,15)/t7-,8+/m1/s1. The lowest BCUT2D eigenvalue weighted by Crippen LogP contribution is -2.04. The van der Waals surface area contributed by atoms with Gasteiger partial charge in [0.15, 0.2) is 0 Å². The summed E-state index contributed by atoms with van der Waals surface area (Å²) in [7, 11) is 0. The summed E-state index contributed by atoms with van der Waals surface area (Å²) in [6, 6.07) is 0. The van der Waals surface area contributed by atoms with Gasteiger partial charge in [-0.1, -0.05) is 13.8 Å². The highest BCUT2D eigenvalue weighted by Crippen LogP contribution is 2.60. The lowest BCUT2D eigenvalue weighted by atomic mass is 10.1. The average Bonchev–Trinajstić information content (AvgIpc) is 2.55. The van der Waals surface area contributed by atoms with Gasteiger partial charge in [-0.25, -0.2) is 4.98 Å². The predicted octanol–water partition coefficient (Wildman–Crippen LogP) is 1.02. The lowest BCUT2D eigenvalue weighted by molar-refractivity contribution is -0.139. The number of carboxylic acids is 1. The minimum Gasteiger partial charge on any atom is -0.481 e. The number of hydrogen-bond donors (Lipinski definition) is 1. The summed E-state index contributed by atoms with van der Waals surface area (Å²) in [4.78, 5) is 14.8. The normalized spacial score (nSPS) is 27.6. The summed E-state index contributed by atoms with van der Waals surface area (Å²) in [5, 5.41) is 13.0. The molecule has 0 unspecified atom stereocenters. The first-order valence-corrected chi connectivity index (χ1v) is 5.08. The molecular weight excluding hydrogens is 194 g/mol. The van der Waals surface area contributed by atoms with Crippen molar-refractivity contribution in [1.82, 2.24) is 14.8 Å². The number of carbonyl (C=O) groups is 1. The van der Waals surface area contributed by atoms with Crippen LogP contribution >= 0.6 is 0 Å². The molecule has 1 aromatic heterocycles. The second-order valence-electron chi connectivity index (χ2n) is 4.69. The van der Waals surface area contributed by atoms with Crippen LogP contribution < -0.4 is 0 Å². The van der Waals surface area contributed by atoms with Gasteiger partial charge in [0.25, 0.3) is 0 Å². The third-order valence-corrected chi connectivity index (χ3v) is 3.45. The fraction of sp³-hybridized carbons (Fsp3) is 0.700. The smallest absolute Gasteiger partial charge is 0.307 e. The van der Waals surface area contributed by atoms with Crippen molar-refractivity contribution in [3.05, 3.63) is 12.7 Å². The molecule has 0 amide bonds. The average molecular weight is 209 g/mol. The van der Waals surface area contributed by atoms with E-state index in [9.17, 15) is 4.79 Å². The Labute approximate surface area is 88.1 Å². The number of carboxylic acid groups (broad SMARTS) is 1. The summed E-state index contributed by atoms with van der Waals surface area (Å²) in [5.74, 6) is -0.608. The van der Waals surface area contributed by atoms with E-state index in [-0.39, 0.29) is 17.3 Å². The number of nitrogens with zero attached hydrogens (tertiary/aromatic N) is 3. The van der Waals surface area contributed by atoms with Gasteiger partial charge >= 0.3 is 5.97 Å². The highest BCUT2D eigenvalue weighted by molar-refractivity contribution is 5.75. The van der Waals surface area contributed by atoms with E-state index in [1.807, 2.05) is 13.8 Å². The third kappa shape index (κ3) is 1.73. The molecule has 0 spiro atoms. The first kappa shape index (κ1) is 10.1. The van der Waals surface area contributed by atoms with Crippen LogP contribution in [0.25, 0.3) is 0 Å². The highest BCUT2D eigenvalue weighted by atomic mass is 16.4. The number of aliphatic carboxylic acids is 1. The van der Waals surface area contributed by atoms with Crippen LogP contribution in [0.5, 0.6) is 0 Å². The van der Waals surface area contributed by atoms with Gasteiger partial charge in [0.1, 0.15) is 12.7 Å². The van der Waals surface area contributed by atoms with Crippen LogP contribution in [0.1, 0.15) is 20.3 Å². The van der Waals surface area contributed by atoms with Crippen molar-refractivity contribution >= 4 is 5.97 Å². The molecule has 0 radical (unpaired) electrons. The largest absolute Gasteiger partial charge is 0.481 e. The van der Waals surface area contributed by atoms with Gasteiger partial charge in [-0.2, -0.15) is 5.10 Å². The van der Waals surface area contributed by atoms with Crippen molar-refractivity contribution in [2.24, 2.45) is 17.3 Å². The van der Waals surface area contributed by atoms with Crippen LogP contribution in [0.3, 0.4) is 0 Å². The fourth-order valence-corrected chi connectivity index (χ4v) is 2.39. The molecule has 1 aliphatic carbocycles. The van der Waals surface area contributed by atoms with E-state index >= 15 is 0 Å². The van der Waals surface area contributed by atoms with Crippen LogP contribution in [-0.4, -0.2) is 25.8 Å². The molecule has 0 saturated heterocycles. The molecule has 1 aromatic rings. The summed E-state index contributed by atoms with van der Waals surface area (Å²) in [5.41, 5.74) is -0.0631. The number of rotatable bonds is 4. The van der Waals surface area contributed by atoms with Crippen molar-refractivity contribution in [1.29, 1.82) is 0 Å². The molecule has 1 heterocycles. The Morgan fingerprint density at radius 3 is 2.80 bits per heavy atom. The fourth-order valence-electron chi connectivity index (χ4n) is 2.39. The van der Waals surface area contributed by atoms with Gasteiger partial charge in [0.05, 0.1) is 5.92 Å². The summed E-state index contributed by atoms with van der Waals surface area (Å²) >= 11 is 0. The molecule has 2 rings (SSSR count). The Morgan fingerprint density at radius 2 is 2.33 bits per heavy atom. The zero-order valence-corrected chi connectivity index (χ0v) is 8.92. The van der Waals surface area contributed by atoms with Crippen molar-refractivity contribution < 1.29 is 9.90 Å². The van der Waals surface area contributed by atoms with Crippen LogP contribution in [0.15, 0.2) is 12.7 Å². The van der Waals surface area contributed by atoms with E-state index in [0.29, 0.717) is 0 Å². The van der Waals surface area contributed by atoms with Crippen molar-refractivity contribution in [2.45, 2.75) is 26.8 Å². The molecular formula is C10H15N3O2. The summed E-state index contributed by atoms with van der Waals surface area (Å²) < 4.78 is 1.74. The Balaban J connectivity index is 1.90. The molecule has 5 heteroatoms. The third-order valence-electron chi connectivity index (χ3n) is 3.45. The number of aromatic nitrogens is 3. The molecule has 1 saturated carbocycles. The second-order valence-corrected chi connectivity index (χ2v) is 4.69. The monoisotopic (exact) mass is 209 g/mol. The molecule has 15 heavy (non-hydrogen) atoms. The quantitative estimate of drug-likeness (QED) is 0.804. The SMILES string of the molecule is CC1(C)[C@H](CCn2cncn2)[C@H]1C(=O)O. The van der Waals surface area contributed by atoms with Gasteiger partial charge in [0.2, 0.25) is 0 Å². The molecule has 82 valence electrons. The second kappa shape index (κ2) is 3.32. The van der Waals surface area contributed by atoms with Crippen molar-refractivity contribution in [3.8, 4) is 0 Å². The van der Waals surface area contributed by atoms with Crippen molar-refractivity contribution in [3.63, 3.8) is 0 Å². The van der Waals surface area contributed by atoms with Gasteiger partial charge in [-0.15, -0.1) is 0 Å². The van der Waals surface area contributed by atoms with Crippen LogP contribution in [-0.2, 0) is 11.3 Å². The summed E-state index contributed by atoms with van der Waals surface area (Å²) in [6.07, 6.45) is 4.01. The molecule has 1 N–H and O–H groups in total. The van der Waals surface area contributed by atoms with E-state index in [2.05, 4.69) is 10.1 Å². The van der Waals surface area contributed by atoms with E-state index in [4.69, 9.17) is 5.11 Å². The molecule has 0 aliphatic heterocycles. The van der Waals surface area contributed by atoms with Crippen LogP contribution in [0.4, 0.5) is 0 Å². The molecule has 0 bridgehead atoms. The predicted molar refractivity (Wildman–Crippen MR) is 53.0 cm³/mol. The molecule has 1 aliphatic rings. The van der Waals surface area contributed by atoms with Crippen LogP contribution in [0.2, 0.25) is 0 Å². The highest BCUT2D eigenvalue weighted by Gasteiger charge is 2.61. The van der Waals surface area contributed by atoms with Crippen molar-refractivity contribution in [2.75, 3.05) is 0 Å². The molecule has 2 atom stereocenters. The zero-order chi connectivity index (χ0) is 11.1. The van der Waals surface area contributed by atoms with Gasteiger partial charge < -0.3 is 5.11 Å². The van der Waals surface area contributed by atoms with Gasteiger partial charge in [0, 0.05) is 6.54 Å². The Bertz CT molecular complexity index is 359. The lowest BCUT2D eigenvalue weighted by Gasteiger charge is -2.01. The maximum atomic E-state index is 10.9. The first-order valence-electron chi connectivity index (χ1n) is 5.08. The first-order chi connectivity index (χ1) is 7.03. The Hall–Kier alpha value is -1.39. The number of aryl methyl sites for hydroxylation is 1. The minimum atomic E-state index is -0.677. The topological polar surface area (TPSA) is 68.0 Å². The maximum absolute atomic E-state index is 10.9.